The molecular weight excluding hydrogens is 180 g/mol. The first kappa shape index (κ1) is 9.83. The van der Waals surface area contributed by atoms with Crippen molar-refractivity contribution < 1.29 is 0 Å². The van der Waals surface area contributed by atoms with Gasteiger partial charge in [0.1, 0.15) is 0 Å². The summed E-state index contributed by atoms with van der Waals surface area (Å²) in [6, 6.07) is 0. The van der Waals surface area contributed by atoms with Crippen molar-refractivity contribution in [2.24, 2.45) is 23.2 Å². The Morgan fingerprint density at radius 1 is 1.15 bits per heavy atom. The van der Waals surface area contributed by atoms with Crippen LogP contribution in [-0.4, -0.2) is 5.88 Å². The van der Waals surface area contributed by atoms with Gasteiger partial charge < -0.3 is 0 Å². The minimum Gasteiger partial charge on any atom is -0.126 e. The van der Waals surface area contributed by atoms with E-state index in [2.05, 4.69) is 13.8 Å². The Morgan fingerprint density at radius 2 is 1.77 bits per heavy atom. The number of hydrogen-bond acceptors (Lipinski definition) is 0. The Labute approximate surface area is 87.0 Å². The zero-order valence-electron chi connectivity index (χ0n) is 8.85. The van der Waals surface area contributed by atoms with E-state index in [4.69, 9.17) is 11.6 Å². The van der Waals surface area contributed by atoms with Crippen molar-refractivity contribution in [3.05, 3.63) is 0 Å². The van der Waals surface area contributed by atoms with Gasteiger partial charge in [-0.1, -0.05) is 26.7 Å². The van der Waals surface area contributed by atoms with Gasteiger partial charge in [-0.3, -0.25) is 0 Å². The summed E-state index contributed by atoms with van der Waals surface area (Å²) in [7, 11) is 0. The van der Waals surface area contributed by atoms with Crippen molar-refractivity contribution in [3.8, 4) is 0 Å². The number of fused-ring (bicyclic) bond motifs is 3. The average Bonchev–Trinajstić information content (AvgIpc) is 2.19. The van der Waals surface area contributed by atoms with Crippen molar-refractivity contribution in [2.75, 3.05) is 5.88 Å². The molecule has 13 heavy (non-hydrogen) atoms. The van der Waals surface area contributed by atoms with Gasteiger partial charge in [-0.2, -0.15) is 0 Å². The van der Waals surface area contributed by atoms with Crippen molar-refractivity contribution >= 4 is 11.6 Å². The van der Waals surface area contributed by atoms with Gasteiger partial charge in [0.05, 0.1) is 0 Å². The largest absolute Gasteiger partial charge is 0.126 e. The fourth-order valence-corrected chi connectivity index (χ4v) is 3.63. The van der Waals surface area contributed by atoms with Crippen LogP contribution in [0.4, 0.5) is 0 Å². The topological polar surface area (TPSA) is 0 Å². The van der Waals surface area contributed by atoms with E-state index in [1.54, 1.807) is 0 Å². The van der Waals surface area contributed by atoms with Crippen LogP contribution in [0.25, 0.3) is 0 Å². The number of hydrogen-bond donors (Lipinski definition) is 0. The average molecular weight is 201 g/mol. The lowest BCUT2D eigenvalue weighted by Gasteiger charge is -2.49. The SMILES string of the molecule is CC(C)(CCl)C1CC2CCC1CC2. The molecule has 0 aliphatic heterocycles. The predicted octanol–water partition coefficient (Wildman–Crippen LogP) is 4.08. The second kappa shape index (κ2) is 3.46. The summed E-state index contributed by atoms with van der Waals surface area (Å²) < 4.78 is 0. The second-order valence-corrected chi connectivity index (χ2v) is 6.01. The Balaban J connectivity index is 2.08. The van der Waals surface area contributed by atoms with Crippen molar-refractivity contribution in [1.82, 2.24) is 0 Å². The molecule has 2 bridgehead atoms. The number of alkyl halides is 1. The molecule has 0 aromatic carbocycles. The summed E-state index contributed by atoms with van der Waals surface area (Å²) in [4.78, 5) is 0. The van der Waals surface area contributed by atoms with E-state index in [9.17, 15) is 0 Å². The molecule has 0 amide bonds. The van der Waals surface area contributed by atoms with Crippen molar-refractivity contribution in [1.29, 1.82) is 0 Å². The highest BCUT2D eigenvalue weighted by Crippen LogP contribution is 2.51. The van der Waals surface area contributed by atoms with E-state index in [0.717, 1.165) is 23.6 Å². The third-order valence-electron chi connectivity index (χ3n) is 4.40. The van der Waals surface area contributed by atoms with Crippen LogP contribution in [0.2, 0.25) is 0 Å². The van der Waals surface area contributed by atoms with Crippen molar-refractivity contribution in [2.45, 2.75) is 46.0 Å². The van der Waals surface area contributed by atoms with Crippen LogP contribution in [0.3, 0.4) is 0 Å². The zero-order chi connectivity index (χ0) is 9.47. The Hall–Kier alpha value is 0.290. The van der Waals surface area contributed by atoms with Gasteiger partial charge in [0.15, 0.2) is 0 Å². The lowest BCUT2D eigenvalue weighted by Crippen LogP contribution is -2.40. The molecular formula is C12H21Cl. The molecule has 0 nitrogen and oxygen atoms in total. The molecule has 3 aliphatic rings. The summed E-state index contributed by atoms with van der Waals surface area (Å²) in [6.07, 6.45) is 7.43. The van der Waals surface area contributed by atoms with Gasteiger partial charge in [-0.05, 0) is 42.4 Å². The first-order chi connectivity index (χ1) is 6.13. The standard InChI is InChI=1S/C12H21Cl/c1-12(2,8-13)11-7-9-3-5-10(11)6-4-9/h9-11H,3-8H2,1-2H3. The molecule has 0 aromatic heterocycles. The fourth-order valence-electron chi connectivity index (χ4n) is 3.43. The molecule has 76 valence electrons. The molecule has 0 radical (unpaired) electrons. The molecule has 1 atom stereocenters. The molecule has 1 unspecified atom stereocenters. The maximum Gasteiger partial charge on any atom is 0.0277 e. The highest BCUT2D eigenvalue weighted by atomic mass is 35.5. The van der Waals surface area contributed by atoms with Gasteiger partial charge in [-0.25, -0.2) is 0 Å². The molecule has 0 aromatic rings. The van der Waals surface area contributed by atoms with E-state index in [-0.39, 0.29) is 0 Å². The normalized spacial score (nSPS) is 39.5. The summed E-state index contributed by atoms with van der Waals surface area (Å²) in [5.41, 5.74) is 0.380. The van der Waals surface area contributed by atoms with E-state index < -0.39 is 0 Å². The Morgan fingerprint density at radius 3 is 2.15 bits per heavy atom. The van der Waals surface area contributed by atoms with Gasteiger partial charge in [0.2, 0.25) is 0 Å². The molecule has 0 heterocycles. The van der Waals surface area contributed by atoms with Gasteiger partial charge in [0.25, 0.3) is 0 Å². The van der Waals surface area contributed by atoms with E-state index in [0.29, 0.717) is 5.41 Å². The van der Waals surface area contributed by atoms with E-state index in [1.165, 1.54) is 32.1 Å². The highest BCUT2D eigenvalue weighted by molar-refractivity contribution is 6.18. The number of rotatable bonds is 2. The minimum atomic E-state index is 0.380. The van der Waals surface area contributed by atoms with Crippen LogP contribution in [0.1, 0.15) is 46.0 Å². The monoisotopic (exact) mass is 200 g/mol. The van der Waals surface area contributed by atoms with E-state index in [1.807, 2.05) is 0 Å². The molecule has 3 saturated carbocycles. The quantitative estimate of drug-likeness (QED) is 0.590. The Bertz CT molecular complexity index is 178. The summed E-state index contributed by atoms with van der Waals surface area (Å²) in [5, 5.41) is 0. The molecule has 3 aliphatic carbocycles. The van der Waals surface area contributed by atoms with Crippen LogP contribution in [0.15, 0.2) is 0 Å². The van der Waals surface area contributed by atoms with Crippen molar-refractivity contribution in [3.63, 3.8) is 0 Å². The van der Waals surface area contributed by atoms with Crippen LogP contribution in [-0.2, 0) is 0 Å². The lowest BCUT2D eigenvalue weighted by molar-refractivity contribution is 0.0267. The minimum absolute atomic E-state index is 0.380. The molecule has 0 N–H and O–H groups in total. The number of halogens is 1. The summed E-state index contributed by atoms with van der Waals surface area (Å²) >= 11 is 6.06. The first-order valence-corrected chi connectivity index (χ1v) is 6.23. The summed E-state index contributed by atoms with van der Waals surface area (Å²) in [5.74, 6) is 3.79. The van der Waals surface area contributed by atoms with Gasteiger partial charge in [0, 0.05) is 5.88 Å². The van der Waals surface area contributed by atoms with Gasteiger partial charge in [-0.15, -0.1) is 11.6 Å². The Kier molecular flexibility index (Phi) is 2.61. The maximum atomic E-state index is 6.06. The maximum absolute atomic E-state index is 6.06. The van der Waals surface area contributed by atoms with Gasteiger partial charge >= 0.3 is 0 Å². The lowest BCUT2D eigenvalue weighted by atomic mass is 9.57. The van der Waals surface area contributed by atoms with E-state index >= 15 is 0 Å². The molecule has 0 spiro atoms. The van der Waals surface area contributed by atoms with Crippen LogP contribution in [0, 0.1) is 23.2 Å². The highest BCUT2D eigenvalue weighted by Gasteiger charge is 2.42. The fraction of sp³-hybridized carbons (Fsp3) is 1.00. The third-order valence-corrected chi connectivity index (χ3v) is 5.08. The molecule has 3 rings (SSSR count). The predicted molar refractivity (Wildman–Crippen MR) is 58.1 cm³/mol. The zero-order valence-corrected chi connectivity index (χ0v) is 9.61. The van der Waals surface area contributed by atoms with Crippen LogP contribution >= 0.6 is 11.6 Å². The van der Waals surface area contributed by atoms with Crippen LogP contribution in [0.5, 0.6) is 0 Å². The summed E-state index contributed by atoms with van der Waals surface area (Å²) in [6.45, 7) is 4.71. The van der Waals surface area contributed by atoms with Crippen LogP contribution < -0.4 is 0 Å². The third kappa shape index (κ3) is 1.75. The molecule has 3 fully saturated rings. The second-order valence-electron chi connectivity index (χ2n) is 5.75. The first-order valence-electron chi connectivity index (χ1n) is 5.69. The molecule has 0 saturated heterocycles. The smallest absolute Gasteiger partial charge is 0.0277 e. The molecule has 1 heteroatoms.